The van der Waals surface area contributed by atoms with Gasteiger partial charge in [-0.3, -0.25) is 14.9 Å². The molecule has 9 heteroatoms. The van der Waals surface area contributed by atoms with E-state index in [1.165, 1.54) is 6.07 Å². The highest BCUT2D eigenvalue weighted by Crippen LogP contribution is 2.33. The average Bonchev–Trinajstić information content (AvgIpc) is 2.36. The lowest BCUT2D eigenvalue weighted by molar-refractivity contribution is -0.137. The highest BCUT2D eigenvalue weighted by molar-refractivity contribution is 6.26. The fourth-order valence-corrected chi connectivity index (χ4v) is 1.79. The fraction of sp³-hybridized carbons (Fsp3) is 0.167. The number of hydrogen-bond acceptors (Lipinski definition) is 4. The number of anilines is 1. The predicted molar refractivity (Wildman–Crippen MR) is 61.8 cm³/mol. The average molecular weight is 297 g/mol. The first-order chi connectivity index (χ1) is 9.74. The topological polar surface area (TPSA) is 90.3 Å². The van der Waals surface area contributed by atoms with Crippen molar-refractivity contribution in [3.05, 3.63) is 29.3 Å². The molecule has 0 unspecified atom stereocenters. The smallest absolute Gasteiger partial charge is 0.277 e. The van der Waals surface area contributed by atoms with Gasteiger partial charge in [-0.25, -0.2) is 9.69 Å². The summed E-state index contributed by atoms with van der Waals surface area (Å²) in [4.78, 5) is 34.8. The predicted octanol–water partition coefficient (Wildman–Crippen LogP) is 1.55. The van der Waals surface area contributed by atoms with Gasteiger partial charge in [-0.1, -0.05) is 0 Å². The van der Waals surface area contributed by atoms with Crippen molar-refractivity contribution in [3.63, 3.8) is 0 Å². The number of amides is 4. The van der Waals surface area contributed by atoms with Crippen molar-refractivity contribution in [1.29, 1.82) is 5.26 Å². The van der Waals surface area contributed by atoms with Gasteiger partial charge in [-0.05, 0) is 18.2 Å². The first kappa shape index (κ1) is 14.5. The van der Waals surface area contributed by atoms with Gasteiger partial charge in [-0.2, -0.15) is 18.4 Å². The Labute approximate surface area is 115 Å². The van der Waals surface area contributed by atoms with Crippen LogP contribution < -0.4 is 10.2 Å². The van der Waals surface area contributed by atoms with Gasteiger partial charge < -0.3 is 0 Å². The minimum Gasteiger partial charge on any atom is -0.277 e. The summed E-state index contributed by atoms with van der Waals surface area (Å²) >= 11 is 0. The normalized spacial score (nSPS) is 15.7. The van der Waals surface area contributed by atoms with Crippen LogP contribution in [0, 0.1) is 11.3 Å². The van der Waals surface area contributed by atoms with Crippen molar-refractivity contribution >= 4 is 23.5 Å². The number of barbiturate groups is 1. The number of carbonyl (C=O) groups is 3. The molecular formula is C12H6F3N3O3. The van der Waals surface area contributed by atoms with Crippen LogP contribution in [0.4, 0.5) is 23.7 Å². The number of nitriles is 1. The molecule has 1 N–H and O–H groups in total. The number of urea groups is 1. The Morgan fingerprint density at radius 1 is 1.24 bits per heavy atom. The Morgan fingerprint density at radius 2 is 1.90 bits per heavy atom. The van der Waals surface area contributed by atoms with E-state index in [-0.39, 0.29) is 5.69 Å². The zero-order valence-electron chi connectivity index (χ0n) is 10.2. The minimum atomic E-state index is -4.66. The van der Waals surface area contributed by atoms with Gasteiger partial charge >= 0.3 is 12.2 Å². The number of nitrogens with zero attached hydrogens (tertiary/aromatic N) is 2. The van der Waals surface area contributed by atoms with Gasteiger partial charge in [0.1, 0.15) is 12.5 Å². The molecule has 1 aromatic carbocycles. The second-order valence-corrected chi connectivity index (χ2v) is 4.10. The van der Waals surface area contributed by atoms with Crippen LogP contribution in [0.25, 0.3) is 0 Å². The van der Waals surface area contributed by atoms with Crippen LogP contribution in [0.5, 0.6) is 0 Å². The molecule has 0 radical (unpaired) electrons. The highest BCUT2D eigenvalue weighted by Gasteiger charge is 2.36. The molecule has 1 heterocycles. The standard InChI is InChI=1S/C12H6F3N3O3/c13-12(14,15)7-1-2-8(6(3-7)5-16)18-10(20)4-9(19)17-11(18)21/h1-3H,4H2,(H,17,19,21). The third-order valence-electron chi connectivity index (χ3n) is 2.70. The van der Waals surface area contributed by atoms with Crippen molar-refractivity contribution in [2.24, 2.45) is 0 Å². The molecule has 1 fully saturated rings. The van der Waals surface area contributed by atoms with Crippen LogP contribution in [0.1, 0.15) is 17.5 Å². The van der Waals surface area contributed by atoms with E-state index in [0.29, 0.717) is 17.0 Å². The number of rotatable bonds is 1. The maximum atomic E-state index is 12.6. The summed E-state index contributed by atoms with van der Waals surface area (Å²) in [6.07, 6.45) is -5.29. The van der Waals surface area contributed by atoms with Crippen molar-refractivity contribution in [1.82, 2.24) is 5.32 Å². The SMILES string of the molecule is N#Cc1cc(C(F)(F)F)ccc1N1C(=O)CC(=O)NC1=O. The highest BCUT2D eigenvalue weighted by atomic mass is 19.4. The molecule has 1 saturated heterocycles. The van der Waals surface area contributed by atoms with Crippen LogP contribution in [0.2, 0.25) is 0 Å². The van der Waals surface area contributed by atoms with Gasteiger partial charge in [0.05, 0.1) is 16.8 Å². The number of hydrogen-bond donors (Lipinski definition) is 1. The summed E-state index contributed by atoms with van der Waals surface area (Å²) in [6, 6.07) is 2.42. The molecule has 0 saturated carbocycles. The Bertz CT molecular complexity index is 671. The summed E-state index contributed by atoms with van der Waals surface area (Å²) in [5.74, 6) is -1.73. The number of carbonyl (C=O) groups excluding carboxylic acids is 3. The van der Waals surface area contributed by atoms with Crippen molar-refractivity contribution in [2.45, 2.75) is 12.6 Å². The fourth-order valence-electron chi connectivity index (χ4n) is 1.79. The summed E-state index contributed by atoms with van der Waals surface area (Å²) in [6.45, 7) is 0. The zero-order valence-corrected chi connectivity index (χ0v) is 10.2. The lowest BCUT2D eigenvalue weighted by Gasteiger charge is -2.25. The largest absolute Gasteiger partial charge is 0.416 e. The molecule has 6 nitrogen and oxygen atoms in total. The third kappa shape index (κ3) is 2.69. The molecule has 0 bridgehead atoms. The summed E-state index contributed by atoms with van der Waals surface area (Å²) < 4.78 is 37.7. The zero-order chi connectivity index (χ0) is 15.8. The van der Waals surface area contributed by atoms with E-state index in [1.54, 1.807) is 0 Å². The summed E-state index contributed by atoms with van der Waals surface area (Å²) in [5.41, 5.74) is -1.88. The van der Waals surface area contributed by atoms with E-state index in [4.69, 9.17) is 5.26 Å². The molecule has 0 spiro atoms. The van der Waals surface area contributed by atoms with Crippen molar-refractivity contribution in [2.75, 3.05) is 4.90 Å². The van der Waals surface area contributed by atoms with Crippen molar-refractivity contribution < 1.29 is 27.6 Å². The lowest BCUT2D eigenvalue weighted by atomic mass is 10.1. The maximum Gasteiger partial charge on any atom is 0.416 e. The molecule has 1 aliphatic heterocycles. The number of alkyl halides is 3. The van der Waals surface area contributed by atoms with E-state index in [1.807, 2.05) is 5.32 Å². The molecule has 21 heavy (non-hydrogen) atoms. The molecular weight excluding hydrogens is 291 g/mol. The number of benzene rings is 1. The van der Waals surface area contributed by atoms with Crippen molar-refractivity contribution in [3.8, 4) is 6.07 Å². The molecule has 1 aromatic rings. The van der Waals surface area contributed by atoms with Crippen LogP contribution in [-0.2, 0) is 15.8 Å². The molecule has 0 atom stereocenters. The van der Waals surface area contributed by atoms with Gasteiger partial charge in [0.2, 0.25) is 11.8 Å². The van der Waals surface area contributed by atoms with Gasteiger partial charge in [0.25, 0.3) is 0 Å². The van der Waals surface area contributed by atoms with Crippen LogP contribution in [0.15, 0.2) is 18.2 Å². The second kappa shape index (κ2) is 4.90. The Morgan fingerprint density at radius 3 is 2.43 bits per heavy atom. The van der Waals surface area contributed by atoms with E-state index in [0.717, 1.165) is 6.07 Å². The quantitative estimate of drug-likeness (QED) is 0.796. The number of imide groups is 2. The first-order valence-corrected chi connectivity index (χ1v) is 5.52. The summed E-state index contributed by atoms with van der Waals surface area (Å²) in [5, 5.41) is 10.8. The molecule has 0 aliphatic carbocycles. The molecule has 1 aliphatic rings. The van der Waals surface area contributed by atoms with Crippen LogP contribution in [0.3, 0.4) is 0 Å². The maximum absolute atomic E-state index is 12.6. The molecule has 108 valence electrons. The third-order valence-corrected chi connectivity index (χ3v) is 2.70. The first-order valence-electron chi connectivity index (χ1n) is 5.52. The van der Waals surface area contributed by atoms with Crippen LogP contribution in [-0.4, -0.2) is 17.8 Å². The van der Waals surface area contributed by atoms with E-state index in [9.17, 15) is 27.6 Å². The van der Waals surface area contributed by atoms with E-state index in [2.05, 4.69) is 0 Å². The molecule has 4 amide bonds. The Balaban J connectivity index is 2.50. The van der Waals surface area contributed by atoms with Crippen LogP contribution >= 0.6 is 0 Å². The Kier molecular flexibility index (Phi) is 3.39. The molecule has 0 aromatic heterocycles. The van der Waals surface area contributed by atoms with E-state index >= 15 is 0 Å². The van der Waals surface area contributed by atoms with Gasteiger partial charge in [0.15, 0.2) is 0 Å². The number of nitrogens with one attached hydrogen (secondary N) is 1. The lowest BCUT2D eigenvalue weighted by Crippen LogP contribution is -2.53. The van der Waals surface area contributed by atoms with E-state index < -0.39 is 41.6 Å². The van der Waals surface area contributed by atoms with Gasteiger partial charge in [0, 0.05) is 0 Å². The Hall–Kier alpha value is -2.89. The monoisotopic (exact) mass is 297 g/mol. The second-order valence-electron chi connectivity index (χ2n) is 4.10. The molecule has 2 rings (SSSR count). The number of halogens is 3. The minimum absolute atomic E-state index is 0.305. The van der Waals surface area contributed by atoms with Gasteiger partial charge in [-0.15, -0.1) is 0 Å². The summed E-state index contributed by atoms with van der Waals surface area (Å²) in [7, 11) is 0.